The number of nitrogens with zero attached hydrogens (tertiary/aromatic N) is 1. The van der Waals surface area contributed by atoms with Crippen molar-refractivity contribution in [1.29, 1.82) is 0 Å². The summed E-state index contributed by atoms with van der Waals surface area (Å²) in [6.07, 6.45) is 0.402. The number of aryl methyl sites for hydroxylation is 1. The van der Waals surface area contributed by atoms with E-state index in [-0.39, 0.29) is 24.5 Å². The van der Waals surface area contributed by atoms with Gasteiger partial charge in [0, 0.05) is 42.9 Å². The van der Waals surface area contributed by atoms with Crippen LogP contribution in [0, 0.1) is 6.92 Å². The van der Waals surface area contributed by atoms with Crippen LogP contribution in [0.25, 0.3) is 0 Å². The van der Waals surface area contributed by atoms with E-state index < -0.39 is 0 Å². The monoisotopic (exact) mass is 338 g/mol. The zero-order valence-corrected chi connectivity index (χ0v) is 15.2. The van der Waals surface area contributed by atoms with E-state index in [1.54, 1.807) is 0 Å². The van der Waals surface area contributed by atoms with Crippen molar-refractivity contribution >= 4 is 23.1 Å². The van der Waals surface area contributed by atoms with Gasteiger partial charge in [-0.15, -0.1) is 0 Å². The second-order valence-corrected chi connectivity index (χ2v) is 6.01. The average molecular weight is 338 g/mol. The molecule has 132 valence electrons. The Balaban J connectivity index is 1.88. The second-order valence-electron chi connectivity index (χ2n) is 6.01. The molecule has 25 heavy (non-hydrogen) atoms. The van der Waals surface area contributed by atoms with Crippen molar-refractivity contribution in [3.8, 4) is 0 Å². The number of rotatable bonds is 8. The van der Waals surface area contributed by atoms with Crippen molar-refractivity contribution in [3.63, 3.8) is 0 Å². The lowest BCUT2D eigenvalue weighted by atomic mass is 10.0. The Morgan fingerprint density at radius 3 is 2.16 bits per heavy atom. The molecule has 2 rings (SSSR count). The lowest BCUT2D eigenvalue weighted by Gasteiger charge is -2.21. The van der Waals surface area contributed by atoms with Crippen LogP contribution in [-0.4, -0.2) is 24.8 Å². The number of benzene rings is 2. The minimum absolute atomic E-state index is 0.00475. The number of amides is 1. The van der Waals surface area contributed by atoms with Gasteiger partial charge in [-0.3, -0.25) is 9.59 Å². The van der Waals surface area contributed by atoms with Crippen LogP contribution < -0.4 is 10.2 Å². The zero-order chi connectivity index (χ0) is 18.2. The fourth-order valence-corrected chi connectivity index (χ4v) is 2.82. The molecule has 0 atom stereocenters. The molecule has 4 nitrogen and oxygen atoms in total. The Hall–Kier alpha value is -2.62. The van der Waals surface area contributed by atoms with Gasteiger partial charge in [0.2, 0.25) is 5.91 Å². The molecule has 0 aliphatic heterocycles. The van der Waals surface area contributed by atoms with Gasteiger partial charge in [0.1, 0.15) is 0 Å². The van der Waals surface area contributed by atoms with Gasteiger partial charge in [-0.25, -0.2) is 0 Å². The highest BCUT2D eigenvalue weighted by Crippen LogP contribution is 2.18. The van der Waals surface area contributed by atoms with Crippen molar-refractivity contribution < 1.29 is 9.59 Å². The maximum Gasteiger partial charge on any atom is 0.224 e. The molecule has 0 saturated heterocycles. The third-order valence-corrected chi connectivity index (χ3v) is 4.30. The van der Waals surface area contributed by atoms with Gasteiger partial charge in [-0.2, -0.15) is 0 Å². The first kappa shape index (κ1) is 18.7. The Morgan fingerprint density at radius 1 is 0.920 bits per heavy atom. The van der Waals surface area contributed by atoms with Crippen LogP contribution in [0.3, 0.4) is 0 Å². The van der Waals surface area contributed by atoms with Crippen LogP contribution in [-0.2, 0) is 4.79 Å². The van der Waals surface area contributed by atoms with Crippen LogP contribution in [0.4, 0.5) is 11.4 Å². The van der Waals surface area contributed by atoms with Gasteiger partial charge in [0.15, 0.2) is 5.78 Å². The zero-order valence-electron chi connectivity index (χ0n) is 15.2. The molecular weight excluding hydrogens is 312 g/mol. The summed E-state index contributed by atoms with van der Waals surface area (Å²) in [5.74, 6) is -0.136. The number of hydrogen-bond acceptors (Lipinski definition) is 3. The maximum absolute atomic E-state index is 12.2. The van der Waals surface area contributed by atoms with E-state index in [0.29, 0.717) is 5.56 Å². The summed E-state index contributed by atoms with van der Waals surface area (Å²) in [6.45, 7) is 8.03. The summed E-state index contributed by atoms with van der Waals surface area (Å²) in [5.41, 5.74) is 3.53. The molecule has 4 heteroatoms. The second kappa shape index (κ2) is 9.02. The minimum Gasteiger partial charge on any atom is -0.372 e. The van der Waals surface area contributed by atoms with Crippen LogP contribution >= 0.6 is 0 Å². The van der Waals surface area contributed by atoms with E-state index in [4.69, 9.17) is 0 Å². The van der Waals surface area contributed by atoms with Crippen molar-refractivity contribution in [2.24, 2.45) is 0 Å². The summed E-state index contributed by atoms with van der Waals surface area (Å²) in [7, 11) is 0. The van der Waals surface area contributed by atoms with Crippen molar-refractivity contribution in [3.05, 3.63) is 59.7 Å². The largest absolute Gasteiger partial charge is 0.372 e. The van der Waals surface area contributed by atoms with Gasteiger partial charge in [-0.1, -0.05) is 24.3 Å². The molecule has 0 heterocycles. The molecule has 2 aromatic carbocycles. The molecule has 0 aromatic heterocycles. The first-order chi connectivity index (χ1) is 12.0. The highest BCUT2D eigenvalue weighted by Gasteiger charge is 2.11. The molecule has 0 radical (unpaired) electrons. The summed E-state index contributed by atoms with van der Waals surface area (Å²) >= 11 is 0. The van der Waals surface area contributed by atoms with E-state index >= 15 is 0 Å². The summed E-state index contributed by atoms with van der Waals surface area (Å²) in [5, 5.41) is 2.86. The number of nitrogens with one attached hydrogen (secondary N) is 1. The average Bonchev–Trinajstić information content (AvgIpc) is 2.62. The van der Waals surface area contributed by atoms with Gasteiger partial charge in [-0.05, 0) is 50.6 Å². The first-order valence-corrected chi connectivity index (χ1v) is 8.78. The fourth-order valence-electron chi connectivity index (χ4n) is 2.82. The molecule has 1 amide bonds. The smallest absolute Gasteiger partial charge is 0.224 e. The number of ketones is 1. The maximum atomic E-state index is 12.2. The molecule has 2 aromatic rings. The molecule has 1 N–H and O–H groups in total. The highest BCUT2D eigenvalue weighted by atomic mass is 16.2. The molecule has 0 aliphatic rings. The molecule has 0 saturated carbocycles. The van der Waals surface area contributed by atoms with E-state index in [0.717, 1.165) is 30.0 Å². The molecule has 0 spiro atoms. The first-order valence-electron chi connectivity index (χ1n) is 8.78. The molecule has 0 aliphatic carbocycles. The fraction of sp³-hybridized carbons (Fsp3) is 0.333. The summed E-state index contributed by atoms with van der Waals surface area (Å²) in [4.78, 5) is 26.6. The van der Waals surface area contributed by atoms with Crippen LogP contribution in [0.1, 0.15) is 42.6 Å². The SMILES string of the molecule is CCN(CC)c1ccc(NC(=O)CCC(=O)c2ccccc2C)cc1. The number of carbonyl (C=O) groups is 2. The van der Waals surface area contributed by atoms with Crippen molar-refractivity contribution in [2.75, 3.05) is 23.3 Å². The van der Waals surface area contributed by atoms with Crippen molar-refractivity contribution in [1.82, 2.24) is 0 Å². The van der Waals surface area contributed by atoms with Crippen LogP contribution in [0.5, 0.6) is 0 Å². The molecule has 0 fully saturated rings. The standard InChI is InChI=1S/C21H26N2O2/c1-4-23(5-2)18-12-10-17(11-13-18)22-21(25)15-14-20(24)19-9-7-6-8-16(19)3/h6-13H,4-5,14-15H2,1-3H3,(H,22,25). The number of carbonyl (C=O) groups excluding carboxylic acids is 2. The third kappa shape index (κ3) is 5.18. The van der Waals surface area contributed by atoms with Gasteiger partial charge >= 0.3 is 0 Å². The number of Topliss-reactive ketones (excluding diaryl/α,β-unsaturated/α-hetero) is 1. The summed E-state index contributed by atoms with van der Waals surface area (Å²) in [6, 6.07) is 15.3. The van der Waals surface area contributed by atoms with Crippen LogP contribution in [0.2, 0.25) is 0 Å². The van der Waals surface area contributed by atoms with E-state index in [1.807, 2.05) is 55.5 Å². The van der Waals surface area contributed by atoms with Crippen molar-refractivity contribution in [2.45, 2.75) is 33.6 Å². The minimum atomic E-state index is -0.141. The Morgan fingerprint density at radius 2 is 1.56 bits per heavy atom. The lowest BCUT2D eigenvalue weighted by Crippen LogP contribution is -2.21. The topological polar surface area (TPSA) is 49.4 Å². The summed E-state index contributed by atoms with van der Waals surface area (Å²) < 4.78 is 0. The van der Waals surface area contributed by atoms with E-state index in [2.05, 4.69) is 24.1 Å². The van der Waals surface area contributed by atoms with Gasteiger partial charge in [0.05, 0.1) is 0 Å². The number of anilines is 2. The quantitative estimate of drug-likeness (QED) is 0.724. The van der Waals surface area contributed by atoms with Gasteiger partial charge < -0.3 is 10.2 Å². The molecular formula is C21H26N2O2. The van der Waals surface area contributed by atoms with Gasteiger partial charge in [0.25, 0.3) is 0 Å². The number of hydrogen-bond donors (Lipinski definition) is 1. The highest BCUT2D eigenvalue weighted by molar-refractivity contribution is 6.00. The third-order valence-electron chi connectivity index (χ3n) is 4.30. The Labute approximate surface area is 149 Å². The Bertz CT molecular complexity index is 719. The van der Waals surface area contributed by atoms with Crippen LogP contribution in [0.15, 0.2) is 48.5 Å². The predicted octanol–water partition coefficient (Wildman–Crippen LogP) is 4.44. The van der Waals surface area contributed by atoms with E-state index in [1.165, 1.54) is 0 Å². The molecule has 0 bridgehead atoms. The predicted molar refractivity (Wildman–Crippen MR) is 103 cm³/mol. The van der Waals surface area contributed by atoms with E-state index in [9.17, 15) is 9.59 Å². The lowest BCUT2D eigenvalue weighted by molar-refractivity contribution is -0.116. The molecule has 0 unspecified atom stereocenters. The Kier molecular flexibility index (Phi) is 6.75. The normalized spacial score (nSPS) is 10.4.